The fourth-order valence-corrected chi connectivity index (χ4v) is 2.32. The summed E-state index contributed by atoms with van der Waals surface area (Å²) in [5, 5.41) is 6.04. The van der Waals surface area contributed by atoms with Gasteiger partial charge in [0.1, 0.15) is 11.4 Å². The third kappa shape index (κ3) is 4.80. The number of nitrogens with zero attached hydrogens (tertiary/aromatic N) is 2. The van der Waals surface area contributed by atoms with Crippen LogP contribution in [0, 0.1) is 0 Å². The van der Waals surface area contributed by atoms with E-state index in [2.05, 4.69) is 20.6 Å². The predicted octanol–water partition coefficient (Wildman–Crippen LogP) is 3.74. The van der Waals surface area contributed by atoms with Crippen molar-refractivity contribution in [2.45, 2.75) is 13.5 Å². The number of ether oxygens (including phenoxy) is 1. The van der Waals surface area contributed by atoms with E-state index in [1.807, 2.05) is 43.3 Å². The average molecular weight is 348 g/mol. The van der Waals surface area contributed by atoms with Gasteiger partial charge in [0.05, 0.1) is 30.7 Å². The fourth-order valence-electron chi connectivity index (χ4n) is 2.32. The molecule has 2 N–H and O–H groups in total. The molecular weight excluding hydrogens is 328 g/mol. The van der Waals surface area contributed by atoms with Gasteiger partial charge in [-0.1, -0.05) is 6.07 Å². The second-order valence-electron chi connectivity index (χ2n) is 5.52. The minimum absolute atomic E-state index is 0.259. The molecule has 0 unspecified atom stereocenters. The van der Waals surface area contributed by atoms with Gasteiger partial charge in [-0.05, 0) is 55.5 Å². The van der Waals surface area contributed by atoms with Gasteiger partial charge in [0.15, 0.2) is 0 Å². The summed E-state index contributed by atoms with van der Waals surface area (Å²) in [6, 6.07) is 16.5. The number of pyridine rings is 2. The van der Waals surface area contributed by atoms with Crippen LogP contribution in [-0.2, 0) is 6.54 Å². The first-order chi connectivity index (χ1) is 12.7. The molecule has 0 saturated carbocycles. The number of amides is 1. The number of hydrogen-bond acceptors (Lipinski definition) is 5. The lowest BCUT2D eigenvalue weighted by atomic mass is 10.2. The molecule has 0 saturated heterocycles. The van der Waals surface area contributed by atoms with E-state index < -0.39 is 0 Å². The Morgan fingerprint density at radius 2 is 1.81 bits per heavy atom. The third-order valence-electron chi connectivity index (χ3n) is 3.62. The molecule has 26 heavy (non-hydrogen) atoms. The lowest BCUT2D eigenvalue weighted by Crippen LogP contribution is -2.13. The van der Waals surface area contributed by atoms with E-state index in [-0.39, 0.29) is 5.91 Å². The second-order valence-corrected chi connectivity index (χ2v) is 5.52. The molecule has 0 spiro atoms. The van der Waals surface area contributed by atoms with Gasteiger partial charge in [-0.3, -0.25) is 9.78 Å². The van der Waals surface area contributed by atoms with Crippen LogP contribution in [0.15, 0.2) is 67.0 Å². The standard InChI is InChI=1S/C20H20N4O2/c1-2-26-18-9-6-15(7-10-18)24-20(25)19-11-8-17(14-23-19)22-13-16-5-3-4-12-21-16/h3-12,14,22H,2,13H2,1H3,(H,24,25). The number of hydrogen-bond donors (Lipinski definition) is 2. The molecule has 0 bridgehead atoms. The smallest absolute Gasteiger partial charge is 0.274 e. The molecule has 0 atom stereocenters. The van der Waals surface area contributed by atoms with Gasteiger partial charge in [-0.15, -0.1) is 0 Å². The van der Waals surface area contributed by atoms with E-state index in [0.717, 1.165) is 17.1 Å². The maximum absolute atomic E-state index is 12.3. The zero-order chi connectivity index (χ0) is 18.2. The lowest BCUT2D eigenvalue weighted by molar-refractivity contribution is 0.102. The first-order valence-electron chi connectivity index (χ1n) is 8.38. The molecule has 6 heteroatoms. The van der Waals surface area contributed by atoms with Crippen LogP contribution in [0.3, 0.4) is 0 Å². The van der Waals surface area contributed by atoms with E-state index in [1.54, 1.807) is 30.6 Å². The van der Waals surface area contributed by atoms with Crippen molar-refractivity contribution in [1.82, 2.24) is 9.97 Å². The summed E-state index contributed by atoms with van der Waals surface area (Å²) in [6.07, 6.45) is 3.39. The van der Waals surface area contributed by atoms with Crippen molar-refractivity contribution in [3.63, 3.8) is 0 Å². The highest BCUT2D eigenvalue weighted by Crippen LogP contribution is 2.16. The summed E-state index contributed by atoms with van der Waals surface area (Å²) in [4.78, 5) is 20.7. The summed E-state index contributed by atoms with van der Waals surface area (Å²) in [7, 11) is 0. The van der Waals surface area contributed by atoms with Gasteiger partial charge in [0.25, 0.3) is 5.91 Å². The first kappa shape index (κ1) is 17.4. The Hall–Kier alpha value is -3.41. The van der Waals surface area contributed by atoms with Gasteiger partial charge in [0.2, 0.25) is 0 Å². The van der Waals surface area contributed by atoms with Crippen molar-refractivity contribution in [2.75, 3.05) is 17.2 Å². The van der Waals surface area contributed by atoms with Crippen LogP contribution in [0.25, 0.3) is 0 Å². The maximum Gasteiger partial charge on any atom is 0.274 e. The number of nitrogens with one attached hydrogen (secondary N) is 2. The molecule has 2 heterocycles. The van der Waals surface area contributed by atoms with Crippen LogP contribution >= 0.6 is 0 Å². The molecule has 0 radical (unpaired) electrons. The monoisotopic (exact) mass is 348 g/mol. The van der Waals surface area contributed by atoms with Crippen molar-refractivity contribution in [3.8, 4) is 5.75 Å². The van der Waals surface area contributed by atoms with Gasteiger partial charge >= 0.3 is 0 Å². The first-order valence-corrected chi connectivity index (χ1v) is 8.38. The number of benzene rings is 1. The van der Waals surface area contributed by atoms with E-state index in [0.29, 0.717) is 24.5 Å². The van der Waals surface area contributed by atoms with Gasteiger partial charge < -0.3 is 15.4 Å². The highest BCUT2D eigenvalue weighted by Gasteiger charge is 2.08. The minimum Gasteiger partial charge on any atom is -0.494 e. The fraction of sp³-hybridized carbons (Fsp3) is 0.150. The molecule has 0 aliphatic carbocycles. The molecule has 0 aliphatic heterocycles. The Bertz CT molecular complexity index is 834. The molecule has 6 nitrogen and oxygen atoms in total. The van der Waals surface area contributed by atoms with Crippen molar-refractivity contribution in [2.24, 2.45) is 0 Å². The molecule has 1 amide bonds. The largest absolute Gasteiger partial charge is 0.494 e. The number of rotatable bonds is 7. The molecule has 0 aliphatic rings. The van der Waals surface area contributed by atoms with Gasteiger partial charge in [0, 0.05) is 11.9 Å². The summed E-state index contributed by atoms with van der Waals surface area (Å²) in [5.41, 5.74) is 2.80. The van der Waals surface area contributed by atoms with Crippen molar-refractivity contribution in [3.05, 3.63) is 78.4 Å². The molecular formula is C20H20N4O2. The zero-order valence-corrected chi connectivity index (χ0v) is 14.5. The summed E-state index contributed by atoms with van der Waals surface area (Å²) < 4.78 is 5.38. The Morgan fingerprint density at radius 1 is 1.00 bits per heavy atom. The number of anilines is 2. The van der Waals surface area contributed by atoms with E-state index in [1.165, 1.54) is 0 Å². The summed E-state index contributed by atoms with van der Waals surface area (Å²) in [6.45, 7) is 3.13. The zero-order valence-electron chi connectivity index (χ0n) is 14.5. The normalized spacial score (nSPS) is 10.2. The predicted molar refractivity (Wildman–Crippen MR) is 101 cm³/mol. The minimum atomic E-state index is -0.259. The van der Waals surface area contributed by atoms with Gasteiger partial charge in [-0.25, -0.2) is 4.98 Å². The topological polar surface area (TPSA) is 76.1 Å². The van der Waals surface area contributed by atoms with E-state index >= 15 is 0 Å². The average Bonchev–Trinajstić information content (AvgIpc) is 2.69. The lowest BCUT2D eigenvalue weighted by Gasteiger charge is -2.08. The summed E-state index contributed by atoms with van der Waals surface area (Å²) >= 11 is 0. The van der Waals surface area contributed by atoms with Crippen LogP contribution in [0.1, 0.15) is 23.1 Å². The van der Waals surface area contributed by atoms with Crippen LogP contribution in [0.2, 0.25) is 0 Å². The second kappa shape index (κ2) is 8.62. The molecule has 1 aromatic carbocycles. The Balaban J connectivity index is 1.56. The number of carbonyl (C=O) groups is 1. The molecule has 0 fully saturated rings. The number of carbonyl (C=O) groups excluding carboxylic acids is 1. The van der Waals surface area contributed by atoms with Crippen molar-refractivity contribution < 1.29 is 9.53 Å². The van der Waals surface area contributed by atoms with Gasteiger partial charge in [-0.2, -0.15) is 0 Å². The Labute approximate surface area is 152 Å². The van der Waals surface area contributed by atoms with Crippen LogP contribution < -0.4 is 15.4 Å². The highest BCUT2D eigenvalue weighted by atomic mass is 16.5. The SMILES string of the molecule is CCOc1ccc(NC(=O)c2ccc(NCc3ccccn3)cn2)cc1. The Morgan fingerprint density at radius 3 is 2.46 bits per heavy atom. The third-order valence-corrected chi connectivity index (χ3v) is 3.62. The molecule has 3 aromatic rings. The summed E-state index contributed by atoms with van der Waals surface area (Å²) in [5.74, 6) is 0.511. The van der Waals surface area contributed by atoms with E-state index in [4.69, 9.17) is 4.74 Å². The van der Waals surface area contributed by atoms with Crippen LogP contribution in [-0.4, -0.2) is 22.5 Å². The molecule has 2 aromatic heterocycles. The Kier molecular flexibility index (Phi) is 5.77. The molecule has 132 valence electrons. The van der Waals surface area contributed by atoms with Crippen LogP contribution in [0.5, 0.6) is 5.75 Å². The highest BCUT2D eigenvalue weighted by molar-refractivity contribution is 6.02. The number of aromatic nitrogens is 2. The quantitative estimate of drug-likeness (QED) is 0.680. The molecule has 3 rings (SSSR count). The maximum atomic E-state index is 12.3. The van der Waals surface area contributed by atoms with Crippen LogP contribution in [0.4, 0.5) is 11.4 Å². The van der Waals surface area contributed by atoms with E-state index in [9.17, 15) is 4.79 Å². The van der Waals surface area contributed by atoms with Crippen molar-refractivity contribution in [1.29, 1.82) is 0 Å². The van der Waals surface area contributed by atoms with Crippen molar-refractivity contribution >= 4 is 17.3 Å².